The van der Waals surface area contributed by atoms with Crippen molar-refractivity contribution in [2.24, 2.45) is 0 Å². The third-order valence-corrected chi connectivity index (χ3v) is 6.41. The van der Waals surface area contributed by atoms with Crippen molar-refractivity contribution in [2.75, 3.05) is 42.1 Å². The summed E-state index contributed by atoms with van der Waals surface area (Å²) >= 11 is 0. The Kier molecular flexibility index (Phi) is 5.94. The monoisotopic (exact) mass is 467 g/mol. The molecule has 0 unspecified atom stereocenters. The fourth-order valence-corrected chi connectivity index (χ4v) is 4.64. The number of piperazine rings is 1. The van der Waals surface area contributed by atoms with E-state index in [4.69, 9.17) is 10.7 Å². The molecule has 0 atom stereocenters. The van der Waals surface area contributed by atoms with E-state index in [2.05, 4.69) is 52.2 Å². The summed E-state index contributed by atoms with van der Waals surface area (Å²) in [5.74, 6) is 0.924. The van der Waals surface area contributed by atoms with Gasteiger partial charge >= 0.3 is 6.03 Å². The number of nitrogens with zero attached hydrogens (tertiary/aromatic N) is 5. The fourth-order valence-electron chi connectivity index (χ4n) is 4.64. The summed E-state index contributed by atoms with van der Waals surface area (Å²) in [7, 11) is 0. The van der Waals surface area contributed by atoms with E-state index >= 15 is 0 Å². The number of nitrogen functional groups attached to an aromatic ring is 1. The Morgan fingerprint density at radius 2 is 1.60 bits per heavy atom. The van der Waals surface area contributed by atoms with Crippen molar-refractivity contribution in [2.45, 2.75) is 20.8 Å². The minimum atomic E-state index is -0.0993. The summed E-state index contributed by atoms with van der Waals surface area (Å²) < 4.78 is 0. The van der Waals surface area contributed by atoms with E-state index in [9.17, 15) is 4.79 Å². The van der Waals surface area contributed by atoms with Gasteiger partial charge in [-0.15, -0.1) is 0 Å². The minimum absolute atomic E-state index is 0.0993. The molecular formula is C27H29N7O. The molecule has 2 aromatic carbocycles. The first-order valence-electron chi connectivity index (χ1n) is 11.8. The van der Waals surface area contributed by atoms with Gasteiger partial charge in [-0.2, -0.15) is 4.98 Å². The highest BCUT2D eigenvalue weighted by atomic mass is 16.2. The van der Waals surface area contributed by atoms with Gasteiger partial charge in [-0.3, -0.25) is 0 Å². The standard InChI is InChI=1S/C27H29N7O/c1-17-6-4-9-20(16-17)29-27(35)34-14-12-33(13-15-34)25-24-22(31-26(28)32-25)11-10-21(30-24)23-18(2)7-5-8-19(23)3/h4-11,16H,12-15H2,1-3H3,(H,29,35)(H2,28,31,32). The minimum Gasteiger partial charge on any atom is -0.368 e. The summed E-state index contributed by atoms with van der Waals surface area (Å²) in [6.45, 7) is 8.58. The summed E-state index contributed by atoms with van der Waals surface area (Å²) in [6, 6.07) is 17.9. The van der Waals surface area contributed by atoms with Crippen molar-refractivity contribution >= 4 is 34.5 Å². The number of hydrogen-bond donors (Lipinski definition) is 2. The van der Waals surface area contributed by atoms with Crippen LogP contribution in [-0.4, -0.2) is 52.1 Å². The number of nitrogens with two attached hydrogens (primary N) is 1. The highest BCUT2D eigenvalue weighted by molar-refractivity contribution is 5.91. The van der Waals surface area contributed by atoms with E-state index in [0.29, 0.717) is 37.5 Å². The normalized spacial score (nSPS) is 13.8. The average Bonchev–Trinajstić information content (AvgIpc) is 2.84. The van der Waals surface area contributed by atoms with Gasteiger partial charge in [-0.05, 0) is 61.7 Å². The maximum Gasteiger partial charge on any atom is 0.321 e. The van der Waals surface area contributed by atoms with E-state index in [0.717, 1.165) is 28.0 Å². The first kappa shape index (κ1) is 22.6. The van der Waals surface area contributed by atoms with Crippen LogP contribution in [0.5, 0.6) is 0 Å². The van der Waals surface area contributed by atoms with Gasteiger partial charge in [0, 0.05) is 37.4 Å². The first-order valence-corrected chi connectivity index (χ1v) is 11.8. The molecule has 1 aliphatic rings. The topological polar surface area (TPSA) is 100 Å². The van der Waals surface area contributed by atoms with Crippen LogP contribution in [-0.2, 0) is 0 Å². The Morgan fingerprint density at radius 3 is 2.31 bits per heavy atom. The van der Waals surface area contributed by atoms with Crippen LogP contribution in [0.2, 0.25) is 0 Å². The highest BCUT2D eigenvalue weighted by Crippen LogP contribution is 2.30. The van der Waals surface area contributed by atoms with Crippen molar-refractivity contribution in [3.63, 3.8) is 0 Å². The second kappa shape index (κ2) is 9.21. The number of nitrogens with one attached hydrogen (secondary N) is 1. The van der Waals surface area contributed by atoms with Gasteiger partial charge in [0.15, 0.2) is 5.82 Å². The average molecular weight is 468 g/mol. The van der Waals surface area contributed by atoms with Gasteiger partial charge in [-0.1, -0.05) is 30.3 Å². The second-order valence-corrected chi connectivity index (χ2v) is 9.01. The number of aryl methyl sites for hydroxylation is 3. The third-order valence-electron chi connectivity index (χ3n) is 6.41. The molecule has 178 valence electrons. The van der Waals surface area contributed by atoms with Crippen molar-refractivity contribution in [1.29, 1.82) is 0 Å². The van der Waals surface area contributed by atoms with E-state index < -0.39 is 0 Å². The predicted octanol–water partition coefficient (Wildman–Crippen LogP) is 4.55. The molecule has 0 spiro atoms. The maximum absolute atomic E-state index is 12.8. The first-order chi connectivity index (χ1) is 16.9. The molecule has 0 saturated carbocycles. The van der Waals surface area contributed by atoms with Crippen molar-refractivity contribution in [1.82, 2.24) is 19.9 Å². The zero-order chi connectivity index (χ0) is 24.5. The SMILES string of the molecule is Cc1cccc(NC(=O)N2CCN(c3nc(N)nc4ccc(-c5c(C)cccc5C)nc34)CC2)c1. The number of fused-ring (bicyclic) bond motifs is 1. The van der Waals surface area contributed by atoms with Crippen LogP contribution in [0.25, 0.3) is 22.3 Å². The smallest absolute Gasteiger partial charge is 0.321 e. The molecule has 1 aliphatic heterocycles. The molecule has 4 aromatic rings. The van der Waals surface area contributed by atoms with E-state index in [1.807, 2.05) is 48.2 Å². The van der Waals surface area contributed by atoms with Crippen LogP contribution >= 0.6 is 0 Å². The third kappa shape index (κ3) is 4.59. The lowest BCUT2D eigenvalue weighted by molar-refractivity contribution is 0.208. The number of carbonyl (C=O) groups excluding carboxylic acids is 1. The summed E-state index contributed by atoms with van der Waals surface area (Å²) in [5, 5.41) is 2.99. The van der Waals surface area contributed by atoms with Gasteiger partial charge in [0.05, 0.1) is 11.2 Å². The summed E-state index contributed by atoms with van der Waals surface area (Å²) in [6.07, 6.45) is 0. The van der Waals surface area contributed by atoms with Crippen LogP contribution in [0.1, 0.15) is 16.7 Å². The van der Waals surface area contributed by atoms with Gasteiger partial charge < -0.3 is 20.9 Å². The molecule has 2 aromatic heterocycles. The van der Waals surface area contributed by atoms with E-state index in [1.165, 1.54) is 11.1 Å². The Hall–Kier alpha value is -4.20. The second-order valence-electron chi connectivity index (χ2n) is 9.01. The number of anilines is 3. The Labute approximate surface area is 204 Å². The van der Waals surface area contributed by atoms with Crippen LogP contribution in [0.15, 0.2) is 54.6 Å². The van der Waals surface area contributed by atoms with Gasteiger partial charge in [0.2, 0.25) is 5.95 Å². The Bertz CT molecular complexity index is 1390. The molecule has 0 aliphatic carbocycles. The predicted molar refractivity (Wildman–Crippen MR) is 141 cm³/mol. The van der Waals surface area contributed by atoms with Crippen molar-refractivity contribution < 1.29 is 4.79 Å². The maximum atomic E-state index is 12.8. The van der Waals surface area contributed by atoms with E-state index in [1.54, 1.807) is 0 Å². The Balaban J connectivity index is 1.39. The van der Waals surface area contributed by atoms with Crippen LogP contribution < -0.4 is 16.0 Å². The van der Waals surface area contributed by atoms with Gasteiger partial charge in [0.25, 0.3) is 0 Å². The summed E-state index contributed by atoms with van der Waals surface area (Å²) in [5.41, 5.74) is 13.7. The highest BCUT2D eigenvalue weighted by Gasteiger charge is 2.24. The number of aromatic nitrogens is 3. The van der Waals surface area contributed by atoms with Crippen molar-refractivity contribution in [3.05, 3.63) is 71.3 Å². The molecule has 1 fully saturated rings. The molecule has 0 bridgehead atoms. The summed E-state index contributed by atoms with van der Waals surface area (Å²) in [4.78, 5) is 30.7. The number of pyridine rings is 1. The quantitative estimate of drug-likeness (QED) is 0.458. The lowest BCUT2D eigenvalue weighted by Gasteiger charge is -2.35. The number of hydrogen-bond acceptors (Lipinski definition) is 6. The lowest BCUT2D eigenvalue weighted by Crippen LogP contribution is -2.50. The largest absolute Gasteiger partial charge is 0.368 e. The molecule has 3 heterocycles. The molecule has 5 rings (SSSR count). The molecule has 2 amide bonds. The van der Waals surface area contributed by atoms with Crippen LogP contribution in [0.3, 0.4) is 0 Å². The molecule has 8 nitrogen and oxygen atoms in total. The number of amides is 2. The van der Waals surface area contributed by atoms with Crippen LogP contribution in [0, 0.1) is 20.8 Å². The fraction of sp³-hybridized carbons (Fsp3) is 0.259. The van der Waals surface area contributed by atoms with Gasteiger partial charge in [0.1, 0.15) is 5.52 Å². The molecule has 3 N–H and O–H groups in total. The van der Waals surface area contributed by atoms with Crippen LogP contribution in [0.4, 0.5) is 22.2 Å². The number of carbonyl (C=O) groups is 1. The number of urea groups is 1. The molecule has 1 saturated heterocycles. The zero-order valence-electron chi connectivity index (χ0n) is 20.2. The van der Waals surface area contributed by atoms with Crippen molar-refractivity contribution in [3.8, 4) is 11.3 Å². The molecule has 8 heteroatoms. The number of rotatable bonds is 3. The molecular weight excluding hydrogens is 438 g/mol. The number of benzene rings is 2. The van der Waals surface area contributed by atoms with E-state index in [-0.39, 0.29) is 12.0 Å². The zero-order valence-corrected chi connectivity index (χ0v) is 20.2. The van der Waals surface area contributed by atoms with Gasteiger partial charge in [-0.25, -0.2) is 14.8 Å². The lowest BCUT2D eigenvalue weighted by atomic mass is 9.99. The molecule has 0 radical (unpaired) electrons. The molecule has 35 heavy (non-hydrogen) atoms. The Morgan fingerprint density at radius 1 is 0.886 bits per heavy atom.